The molecule has 0 unspecified atom stereocenters. The molecule has 0 bridgehead atoms. The molecule has 2 rings (SSSR count). The lowest BCUT2D eigenvalue weighted by Gasteiger charge is -2.10. The lowest BCUT2D eigenvalue weighted by Crippen LogP contribution is -2.29. The molecule has 0 aliphatic heterocycles. The van der Waals surface area contributed by atoms with Gasteiger partial charge in [0.15, 0.2) is 0 Å². The number of amides is 1. The molecule has 0 aliphatic rings. The zero-order chi connectivity index (χ0) is 14.5. The number of hydrogen-bond acceptors (Lipinski definition) is 2. The Morgan fingerprint density at radius 2 is 1.75 bits per heavy atom. The average molecular weight is 290 g/mol. The summed E-state index contributed by atoms with van der Waals surface area (Å²) in [6.45, 7) is 3.84. The maximum atomic E-state index is 11.9. The molecule has 1 amide bonds. The van der Waals surface area contributed by atoms with Crippen LogP contribution >= 0.6 is 11.6 Å². The summed E-state index contributed by atoms with van der Waals surface area (Å²) in [5.74, 6) is 1.12. The van der Waals surface area contributed by atoms with Crippen LogP contribution in [0.4, 0.5) is 0 Å². The SMILES string of the molecule is CC(C)NC(=O)c1cccc(Oc2cccc(Cl)c2)c1. The maximum absolute atomic E-state index is 11.9. The minimum atomic E-state index is -0.114. The van der Waals surface area contributed by atoms with Gasteiger partial charge < -0.3 is 10.1 Å². The van der Waals surface area contributed by atoms with Crippen molar-refractivity contribution in [1.82, 2.24) is 5.32 Å². The summed E-state index contributed by atoms with van der Waals surface area (Å²) >= 11 is 5.91. The van der Waals surface area contributed by atoms with Gasteiger partial charge in [-0.3, -0.25) is 4.79 Å². The third-order valence-electron chi connectivity index (χ3n) is 2.55. The maximum Gasteiger partial charge on any atom is 0.251 e. The van der Waals surface area contributed by atoms with Gasteiger partial charge in [0.05, 0.1) is 0 Å². The molecule has 0 fully saturated rings. The van der Waals surface area contributed by atoms with Crippen LogP contribution in [0.1, 0.15) is 24.2 Å². The van der Waals surface area contributed by atoms with Crippen molar-refractivity contribution in [3.63, 3.8) is 0 Å². The Bertz CT molecular complexity index is 611. The molecule has 0 heterocycles. The van der Waals surface area contributed by atoms with E-state index < -0.39 is 0 Å². The number of carbonyl (C=O) groups is 1. The highest BCUT2D eigenvalue weighted by Gasteiger charge is 2.08. The van der Waals surface area contributed by atoms with E-state index in [0.29, 0.717) is 22.1 Å². The van der Waals surface area contributed by atoms with Gasteiger partial charge in [-0.2, -0.15) is 0 Å². The molecular weight excluding hydrogens is 274 g/mol. The Morgan fingerprint density at radius 1 is 1.10 bits per heavy atom. The van der Waals surface area contributed by atoms with E-state index in [0.717, 1.165) is 0 Å². The van der Waals surface area contributed by atoms with Crippen LogP contribution in [-0.4, -0.2) is 11.9 Å². The van der Waals surface area contributed by atoms with Gasteiger partial charge in [0.1, 0.15) is 11.5 Å². The van der Waals surface area contributed by atoms with Crippen molar-refractivity contribution >= 4 is 17.5 Å². The van der Waals surface area contributed by atoms with E-state index in [2.05, 4.69) is 5.32 Å². The second-order valence-corrected chi connectivity index (χ2v) is 5.15. The Balaban J connectivity index is 2.15. The summed E-state index contributed by atoms with van der Waals surface area (Å²) in [5, 5.41) is 3.45. The lowest BCUT2D eigenvalue weighted by molar-refractivity contribution is 0.0943. The molecule has 1 N–H and O–H groups in total. The van der Waals surface area contributed by atoms with Gasteiger partial charge in [-0.25, -0.2) is 0 Å². The molecule has 0 atom stereocenters. The molecule has 0 aromatic heterocycles. The van der Waals surface area contributed by atoms with Crippen LogP contribution in [-0.2, 0) is 0 Å². The van der Waals surface area contributed by atoms with E-state index in [-0.39, 0.29) is 11.9 Å². The third-order valence-corrected chi connectivity index (χ3v) is 2.78. The van der Waals surface area contributed by atoms with Gasteiger partial charge in [0, 0.05) is 16.6 Å². The molecule has 0 saturated carbocycles. The second kappa shape index (κ2) is 6.44. The summed E-state index contributed by atoms with van der Waals surface area (Å²) in [5.41, 5.74) is 0.568. The highest BCUT2D eigenvalue weighted by Crippen LogP contribution is 2.24. The molecular formula is C16H16ClNO2. The Labute approximate surface area is 123 Å². The van der Waals surface area contributed by atoms with Crippen molar-refractivity contribution in [1.29, 1.82) is 0 Å². The van der Waals surface area contributed by atoms with E-state index in [9.17, 15) is 4.79 Å². The molecule has 2 aromatic carbocycles. The van der Waals surface area contributed by atoms with E-state index in [1.54, 1.807) is 36.4 Å². The highest BCUT2D eigenvalue weighted by molar-refractivity contribution is 6.30. The summed E-state index contributed by atoms with van der Waals surface area (Å²) in [6.07, 6.45) is 0. The van der Waals surface area contributed by atoms with Crippen LogP contribution in [0.25, 0.3) is 0 Å². The first-order valence-corrected chi connectivity index (χ1v) is 6.77. The van der Waals surface area contributed by atoms with Crippen LogP contribution in [0.3, 0.4) is 0 Å². The molecule has 0 aliphatic carbocycles. The summed E-state index contributed by atoms with van der Waals surface area (Å²) in [6, 6.07) is 14.3. The second-order valence-electron chi connectivity index (χ2n) is 4.72. The molecule has 2 aromatic rings. The minimum absolute atomic E-state index is 0.0972. The quantitative estimate of drug-likeness (QED) is 0.913. The number of benzene rings is 2. The predicted molar refractivity (Wildman–Crippen MR) is 80.6 cm³/mol. The Hall–Kier alpha value is -2.00. The van der Waals surface area contributed by atoms with Crippen molar-refractivity contribution < 1.29 is 9.53 Å². The lowest BCUT2D eigenvalue weighted by atomic mass is 10.2. The van der Waals surface area contributed by atoms with E-state index >= 15 is 0 Å². The van der Waals surface area contributed by atoms with Crippen LogP contribution in [0.2, 0.25) is 5.02 Å². The van der Waals surface area contributed by atoms with Crippen molar-refractivity contribution in [3.05, 3.63) is 59.1 Å². The van der Waals surface area contributed by atoms with Crippen LogP contribution in [0.15, 0.2) is 48.5 Å². The summed E-state index contributed by atoms with van der Waals surface area (Å²) in [4.78, 5) is 11.9. The monoisotopic (exact) mass is 289 g/mol. The Kier molecular flexibility index (Phi) is 4.64. The van der Waals surface area contributed by atoms with E-state index in [4.69, 9.17) is 16.3 Å². The van der Waals surface area contributed by atoms with Gasteiger partial charge in [-0.1, -0.05) is 23.7 Å². The van der Waals surface area contributed by atoms with Gasteiger partial charge in [-0.05, 0) is 50.2 Å². The molecule has 0 radical (unpaired) electrons. The number of carbonyl (C=O) groups excluding carboxylic acids is 1. The Morgan fingerprint density at radius 3 is 2.40 bits per heavy atom. The fourth-order valence-electron chi connectivity index (χ4n) is 1.71. The molecule has 3 nitrogen and oxygen atoms in total. The van der Waals surface area contributed by atoms with Crippen molar-refractivity contribution in [2.75, 3.05) is 0 Å². The van der Waals surface area contributed by atoms with Crippen LogP contribution in [0, 0.1) is 0 Å². The fourth-order valence-corrected chi connectivity index (χ4v) is 1.89. The molecule has 0 spiro atoms. The molecule has 0 saturated heterocycles. The standard InChI is InChI=1S/C16H16ClNO2/c1-11(2)18-16(19)12-5-3-7-14(9-12)20-15-8-4-6-13(17)10-15/h3-11H,1-2H3,(H,18,19). The normalized spacial score (nSPS) is 10.4. The largest absolute Gasteiger partial charge is 0.457 e. The van der Waals surface area contributed by atoms with Crippen molar-refractivity contribution in [2.24, 2.45) is 0 Å². The van der Waals surface area contributed by atoms with E-state index in [1.165, 1.54) is 0 Å². The average Bonchev–Trinajstić information content (AvgIpc) is 2.38. The fraction of sp³-hybridized carbons (Fsp3) is 0.188. The predicted octanol–water partition coefficient (Wildman–Crippen LogP) is 4.27. The first kappa shape index (κ1) is 14.4. The van der Waals surface area contributed by atoms with Crippen molar-refractivity contribution in [2.45, 2.75) is 19.9 Å². The highest BCUT2D eigenvalue weighted by atomic mass is 35.5. The van der Waals surface area contributed by atoms with Gasteiger partial charge in [-0.15, -0.1) is 0 Å². The van der Waals surface area contributed by atoms with E-state index in [1.807, 2.05) is 26.0 Å². The molecule has 4 heteroatoms. The number of hydrogen-bond donors (Lipinski definition) is 1. The van der Waals surface area contributed by atoms with Gasteiger partial charge >= 0.3 is 0 Å². The zero-order valence-corrected chi connectivity index (χ0v) is 12.1. The first-order valence-electron chi connectivity index (χ1n) is 6.39. The zero-order valence-electron chi connectivity index (χ0n) is 11.4. The third kappa shape index (κ3) is 4.00. The number of nitrogens with one attached hydrogen (secondary N) is 1. The number of halogens is 1. The molecule has 20 heavy (non-hydrogen) atoms. The number of ether oxygens (including phenoxy) is 1. The van der Waals surface area contributed by atoms with Crippen LogP contribution < -0.4 is 10.1 Å². The smallest absolute Gasteiger partial charge is 0.251 e. The van der Waals surface area contributed by atoms with Crippen LogP contribution in [0.5, 0.6) is 11.5 Å². The topological polar surface area (TPSA) is 38.3 Å². The molecule has 104 valence electrons. The summed E-state index contributed by atoms with van der Waals surface area (Å²) in [7, 11) is 0. The van der Waals surface area contributed by atoms with Gasteiger partial charge in [0.25, 0.3) is 5.91 Å². The number of rotatable bonds is 4. The summed E-state index contributed by atoms with van der Waals surface area (Å²) < 4.78 is 5.69. The van der Waals surface area contributed by atoms with Crippen molar-refractivity contribution in [3.8, 4) is 11.5 Å². The first-order chi connectivity index (χ1) is 9.54. The minimum Gasteiger partial charge on any atom is -0.457 e. The van der Waals surface area contributed by atoms with Gasteiger partial charge in [0.2, 0.25) is 0 Å².